The SMILES string of the molecule is O=C(COc1ccc2c(-c3ccccc3)cc(=O)oc2c1)NC[C@H](O)c1ccccc1. The number of fused-ring (bicyclic) bond motifs is 1. The zero-order chi connectivity index (χ0) is 21.6. The van der Waals surface area contributed by atoms with Gasteiger partial charge in [-0.15, -0.1) is 0 Å². The van der Waals surface area contributed by atoms with Crippen LogP contribution in [0.25, 0.3) is 22.1 Å². The van der Waals surface area contributed by atoms with Gasteiger partial charge in [0.1, 0.15) is 11.3 Å². The van der Waals surface area contributed by atoms with E-state index in [0.29, 0.717) is 11.3 Å². The lowest BCUT2D eigenvalue weighted by Crippen LogP contribution is -2.32. The quantitative estimate of drug-likeness (QED) is 0.450. The van der Waals surface area contributed by atoms with E-state index in [2.05, 4.69) is 5.32 Å². The lowest BCUT2D eigenvalue weighted by atomic mass is 10.0. The van der Waals surface area contributed by atoms with Gasteiger partial charge in [0.25, 0.3) is 5.91 Å². The molecule has 0 unspecified atom stereocenters. The number of carbonyl (C=O) groups is 1. The predicted octanol–water partition coefficient (Wildman–Crippen LogP) is 3.69. The molecule has 0 bridgehead atoms. The predicted molar refractivity (Wildman–Crippen MR) is 118 cm³/mol. The molecule has 0 saturated heterocycles. The van der Waals surface area contributed by atoms with Gasteiger partial charge in [0.15, 0.2) is 6.61 Å². The normalized spacial score (nSPS) is 11.8. The fourth-order valence-electron chi connectivity index (χ4n) is 3.29. The molecule has 0 aliphatic carbocycles. The van der Waals surface area contributed by atoms with Gasteiger partial charge >= 0.3 is 5.63 Å². The monoisotopic (exact) mass is 415 g/mol. The van der Waals surface area contributed by atoms with Crippen LogP contribution in [0.1, 0.15) is 11.7 Å². The van der Waals surface area contributed by atoms with E-state index < -0.39 is 11.7 Å². The molecule has 0 fully saturated rings. The molecule has 156 valence electrons. The second-order valence-electron chi connectivity index (χ2n) is 7.02. The molecule has 6 nitrogen and oxygen atoms in total. The number of carbonyl (C=O) groups excluding carboxylic acids is 1. The smallest absolute Gasteiger partial charge is 0.336 e. The van der Waals surface area contributed by atoms with Crippen molar-refractivity contribution in [3.05, 3.63) is 101 Å². The molecular weight excluding hydrogens is 394 g/mol. The number of aliphatic hydroxyl groups excluding tert-OH is 1. The molecule has 1 atom stereocenters. The fraction of sp³-hybridized carbons (Fsp3) is 0.120. The van der Waals surface area contributed by atoms with E-state index in [9.17, 15) is 14.7 Å². The lowest BCUT2D eigenvalue weighted by Gasteiger charge is -2.13. The van der Waals surface area contributed by atoms with Crippen LogP contribution in [-0.4, -0.2) is 24.2 Å². The summed E-state index contributed by atoms with van der Waals surface area (Å²) in [4.78, 5) is 24.1. The van der Waals surface area contributed by atoms with Crippen molar-refractivity contribution < 1.29 is 19.1 Å². The van der Waals surface area contributed by atoms with Crippen molar-refractivity contribution >= 4 is 16.9 Å². The minimum Gasteiger partial charge on any atom is -0.484 e. The van der Waals surface area contributed by atoms with Gasteiger partial charge in [0.05, 0.1) is 6.10 Å². The zero-order valence-corrected chi connectivity index (χ0v) is 16.7. The molecule has 1 aromatic heterocycles. The largest absolute Gasteiger partial charge is 0.484 e. The lowest BCUT2D eigenvalue weighted by molar-refractivity contribution is -0.123. The van der Waals surface area contributed by atoms with Crippen molar-refractivity contribution in [1.29, 1.82) is 0 Å². The highest BCUT2D eigenvalue weighted by Gasteiger charge is 2.11. The Morgan fingerprint density at radius 1 is 0.968 bits per heavy atom. The van der Waals surface area contributed by atoms with Crippen molar-refractivity contribution in [2.75, 3.05) is 13.2 Å². The van der Waals surface area contributed by atoms with E-state index >= 15 is 0 Å². The maximum absolute atomic E-state index is 12.1. The molecule has 0 radical (unpaired) electrons. The Bertz CT molecular complexity index is 1240. The molecule has 0 aliphatic heterocycles. The molecule has 1 amide bonds. The molecule has 4 rings (SSSR count). The Kier molecular flexibility index (Phi) is 6.10. The summed E-state index contributed by atoms with van der Waals surface area (Å²) < 4.78 is 10.9. The molecule has 6 heteroatoms. The maximum atomic E-state index is 12.1. The second kappa shape index (κ2) is 9.28. The summed E-state index contributed by atoms with van der Waals surface area (Å²) in [5.74, 6) is 0.0363. The van der Waals surface area contributed by atoms with Crippen LogP contribution in [0.4, 0.5) is 0 Å². The molecule has 0 saturated carbocycles. The van der Waals surface area contributed by atoms with Crippen molar-refractivity contribution in [3.8, 4) is 16.9 Å². The van der Waals surface area contributed by atoms with Gasteiger partial charge in [-0.25, -0.2) is 4.79 Å². The second-order valence-corrected chi connectivity index (χ2v) is 7.02. The summed E-state index contributed by atoms with van der Waals surface area (Å²) in [6.45, 7) is -0.144. The van der Waals surface area contributed by atoms with Crippen LogP contribution in [0.15, 0.2) is 94.1 Å². The van der Waals surface area contributed by atoms with E-state index in [4.69, 9.17) is 9.15 Å². The summed E-state index contributed by atoms with van der Waals surface area (Å²) in [5, 5.41) is 13.5. The van der Waals surface area contributed by atoms with Crippen molar-refractivity contribution in [3.63, 3.8) is 0 Å². The number of ether oxygens (including phenoxy) is 1. The van der Waals surface area contributed by atoms with Gasteiger partial charge < -0.3 is 19.6 Å². The Labute approximate surface area is 178 Å². The Hall–Kier alpha value is -3.90. The Balaban J connectivity index is 1.42. The van der Waals surface area contributed by atoms with E-state index in [1.807, 2.05) is 48.5 Å². The van der Waals surface area contributed by atoms with Crippen LogP contribution in [0, 0.1) is 0 Å². The van der Waals surface area contributed by atoms with Gasteiger partial charge in [0.2, 0.25) is 0 Å². The van der Waals surface area contributed by atoms with Crippen LogP contribution in [0.5, 0.6) is 5.75 Å². The first-order valence-corrected chi connectivity index (χ1v) is 9.86. The Morgan fingerprint density at radius 2 is 1.68 bits per heavy atom. The fourth-order valence-corrected chi connectivity index (χ4v) is 3.29. The summed E-state index contributed by atoms with van der Waals surface area (Å²) >= 11 is 0. The van der Waals surface area contributed by atoms with E-state index in [-0.39, 0.29) is 19.1 Å². The van der Waals surface area contributed by atoms with Crippen molar-refractivity contribution in [2.45, 2.75) is 6.10 Å². The van der Waals surface area contributed by atoms with Crippen LogP contribution < -0.4 is 15.7 Å². The van der Waals surface area contributed by atoms with Crippen molar-refractivity contribution in [2.24, 2.45) is 0 Å². The highest BCUT2D eigenvalue weighted by atomic mass is 16.5. The third-order valence-corrected chi connectivity index (χ3v) is 4.85. The third-order valence-electron chi connectivity index (χ3n) is 4.85. The minimum atomic E-state index is -0.795. The first-order chi connectivity index (χ1) is 15.1. The maximum Gasteiger partial charge on any atom is 0.336 e. The highest BCUT2D eigenvalue weighted by Crippen LogP contribution is 2.29. The van der Waals surface area contributed by atoms with Gasteiger partial charge in [-0.3, -0.25) is 4.79 Å². The average molecular weight is 415 g/mol. The first-order valence-electron chi connectivity index (χ1n) is 9.86. The van der Waals surface area contributed by atoms with Crippen LogP contribution in [0.3, 0.4) is 0 Å². The average Bonchev–Trinajstić information content (AvgIpc) is 2.81. The Morgan fingerprint density at radius 3 is 2.42 bits per heavy atom. The van der Waals surface area contributed by atoms with Gasteiger partial charge in [-0.05, 0) is 28.8 Å². The number of benzene rings is 3. The van der Waals surface area contributed by atoms with E-state index in [1.54, 1.807) is 30.3 Å². The number of hydrogen-bond acceptors (Lipinski definition) is 5. The minimum absolute atomic E-state index is 0.0826. The molecule has 0 spiro atoms. The number of nitrogens with one attached hydrogen (secondary N) is 1. The third kappa shape index (κ3) is 4.99. The number of hydrogen-bond donors (Lipinski definition) is 2. The number of rotatable bonds is 7. The van der Waals surface area contributed by atoms with E-state index in [1.165, 1.54) is 6.07 Å². The van der Waals surface area contributed by atoms with Gasteiger partial charge in [-0.2, -0.15) is 0 Å². The summed E-state index contributed by atoms with van der Waals surface area (Å²) in [6.07, 6.45) is -0.795. The molecule has 3 aromatic carbocycles. The standard InChI is InChI=1S/C25H21NO5/c27-22(18-9-5-2-6-10-18)15-26-24(28)16-30-19-11-12-20-21(17-7-3-1-4-8-17)14-25(29)31-23(20)13-19/h1-14,22,27H,15-16H2,(H,26,28)/t22-/m0/s1. The molecule has 4 aromatic rings. The molecule has 2 N–H and O–H groups in total. The van der Waals surface area contributed by atoms with Crippen LogP contribution in [-0.2, 0) is 4.79 Å². The van der Waals surface area contributed by atoms with E-state index in [0.717, 1.165) is 22.1 Å². The highest BCUT2D eigenvalue weighted by molar-refractivity contribution is 5.93. The topological polar surface area (TPSA) is 88.8 Å². The molecule has 0 aliphatic rings. The number of amides is 1. The summed E-state index contributed by atoms with van der Waals surface area (Å²) in [6, 6.07) is 25.2. The van der Waals surface area contributed by atoms with Gasteiger partial charge in [-0.1, -0.05) is 60.7 Å². The van der Waals surface area contributed by atoms with Crippen molar-refractivity contribution in [1.82, 2.24) is 5.32 Å². The molecule has 31 heavy (non-hydrogen) atoms. The number of aliphatic hydroxyl groups is 1. The summed E-state index contributed by atoms with van der Waals surface area (Å²) in [5.41, 5.74) is 2.32. The van der Waals surface area contributed by atoms with Crippen LogP contribution >= 0.6 is 0 Å². The summed E-state index contributed by atoms with van der Waals surface area (Å²) in [7, 11) is 0. The van der Waals surface area contributed by atoms with Gasteiger partial charge in [0, 0.05) is 24.1 Å². The molecule has 1 heterocycles. The van der Waals surface area contributed by atoms with Crippen LogP contribution in [0.2, 0.25) is 0 Å². The zero-order valence-electron chi connectivity index (χ0n) is 16.7. The first kappa shape index (κ1) is 20.4. The molecular formula is C25H21NO5.